The number of rotatable bonds is 7. The van der Waals surface area contributed by atoms with Gasteiger partial charge < -0.3 is 15.4 Å². The van der Waals surface area contributed by atoms with Crippen molar-refractivity contribution in [2.75, 3.05) is 39.4 Å². The van der Waals surface area contributed by atoms with E-state index in [1.54, 1.807) is 24.3 Å². The Labute approximate surface area is 165 Å². The van der Waals surface area contributed by atoms with Gasteiger partial charge in [-0.2, -0.15) is 0 Å². The topological polar surface area (TPSA) is 70.7 Å². The number of nitrogens with one attached hydrogen (secondary N) is 2. The number of ether oxygens (including phenoxy) is 1. The van der Waals surface area contributed by atoms with Crippen molar-refractivity contribution in [2.24, 2.45) is 0 Å². The zero-order valence-electron chi connectivity index (χ0n) is 16.2. The monoisotopic (exact) mass is 381 g/mol. The Hall–Kier alpha value is -2.70. The zero-order chi connectivity index (χ0) is 19.8. The minimum atomic E-state index is -0.195. The van der Waals surface area contributed by atoms with Gasteiger partial charge in [-0.3, -0.25) is 14.5 Å². The predicted molar refractivity (Wildman–Crippen MR) is 108 cm³/mol. The number of benzene rings is 2. The number of nitrogens with zero attached hydrogens (tertiary/aromatic N) is 1. The second kappa shape index (κ2) is 10.0. The number of carbonyl (C=O) groups is 2. The number of morpholine rings is 1. The molecule has 1 heterocycles. The number of hydrogen-bond donors (Lipinski definition) is 2. The Kier molecular flexibility index (Phi) is 7.17. The Morgan fingerprint density at radius 3 is 2.39 bits per heavy atom. The average Bonchev–Trinajstić information content (AvgIpc) is 2.75. The van der Waals surface area contributed by atoms with Crippen molar-refractivity contribution < 1.29 is 14.3 Å². The van der Waals surface area contributed by atoms with Crippen molar-refractivity contribution in [2.45, 2.75) is 13.0 Å². The summed E-state index contributed by atoms with van der Waals surface area (Å²) >= 11 is 0. The highest BCUT2D eigenvalue weighted by Crippen LogP contribution is 2.13. The third kappa shape index (κ3) is 5.65. The van der Waals surface area contributed by atoms with Gasteiger partial charge in [-0.25, -0.2) is 0 Å². The van der Waals surface area contributed by atoms with Crippen molar-refractivity contribution in [3.63, 3.8) is 0 Å². The van der Waals surface area contributed by atoms with E-state index in [4.69, 9.17) is 4.74 Å². The fraction of sp³-hybridized carbons (Fsp3) is 0.364. The van der Waals surface area contributed by atoms with Crippen LogP contribution in [0.2, 0.25) is 0 Å². The molecule has 0 radical (unpaired) electrons. The molecule has 2 amide bonds. The standard InChI is InChI=1S/C22H27N3O3/c1-17(18-6-3-2-4-7-18)24-22(27)20-9-5-8-19(16-20)21(26)23-10-11-25-12-14-28-15-13-25/h2-9,16-17H,10-15H2,1H3,(H,23,26)(H,24,27). The van der Waals surface area contributed by atoms with Gasteiger partial charge in [-0.15, -0.1) is 0 Å². The molecule has 2 N–H and O–H groups in total. The molecule has 0 spiro atoms. The summed E-state index contributed by atoms with van der Waals surface area (Å²) in [4.78, 5) is 27.2. The van der Waals surface area contributed by atoms with E-state index in [0.717, 1.165) is 38.4 Å². The lowest BCUT2D eigenvalue weighted by atomic mass is 10.1. The van der Waals surface area contributed by atoms with Crippen LogP contribution >= 0.6 is 0 Å². The summed E-state index contributed by atoms with van der Waals surface area (Å²) in [7, 11) is 0. The molecule has 1 unspecified atom stereocenters. The van der Waals surface area contributed by atoms with Crippen molar-refractivity contribution >= 4 is 11.8 Å². The summed E-state index contributed by atoms with van der Waals surface area (Å²) < 4.78 is 5.32. The van der Waals surface area contributed by atoms with Crippen LogP contribution in [0.25, 0.3) is 0 Å². The third-order valence-corrected chi connectivity index (χ3v) is 4.85. The summed E-state index contributed by atoms with van der Waals surface area (Å²) in [6.07, 6.45) is 0. The number of amides is 2. The fourth-order valence-electron chi connectivity index (χ4n) is 3.16. The molecule has 0 aromatic heterocycles. The maximum Gasteiger partial charge on any atom is 0.251 e. The maximum atomic E-state index is 12.6. The molecule has 1 aliphatic rings. The van der Waals surface area contributed by atoms with Crippen LogP contribution in [-0.2, 0) is 4.74 Å². The maximum absolute atomic E-state index is 12.6. The molecule has 1 saturated heterocycles. The molecule has 1 atom stereocenters. The summed E-state index contributed by atoms with van der Waals surface area (Å²) in [5, 5.41) is 5.90. The van der Waals surface area contributed by atoms with E-state index in [0.29, 0.717) is 17.7 Å². The Bertz CT molecular complexity index is 789. The molecule has 28 heavy (non-hydrogen) atoms. The lowest BCUT2D eigenvalue weighted by molar-refractivity contribution is 0.0383. The van der Waals surface area contributed by atoms with Gasteiger partial charge in [0.1, 0.15) is 0 Å². The van der Waals surface area contributed by atoms with E-state index >= 15 is 0 Å². The molecular weight excluding hydrogens is 354 g/mol. The molecule has 6 nitrogen and oxygen atoms in total. The van der Waals surface area contributed by atoms with Gasteiger partial charge in [0, 0.05) is 37.3 Å². The highest BCUT2D eigenvalue weighted by molar-refractivity contribution is 5.99. The first kappa shape index (κ1) is 20.0. The lowest BCUT2D eigenvalue weighted by Gasteiger charge is -2.26. The molecule has 0 saturated carbocycles. The molecule has 3 rings (SSSR count). The summed E-state index contributed by atoms with van der Waals surface area (Å²) in [5.74, 6) is -0.363. The molecular formula is C22H27N3O3. The summed E-state index contributed by atoms with van der Waals surface area (Å²) in [6.45, 7) is 6.58. The molecule has 0 bridgehead atoms. The minimum Gasteiger partial charge on any atom is -0.379 e. The highest BCUT2D eigenvalue weighted by Gasteiger charge is 2.14. The van der Waals surface area contributed by atoms with Crippen LogP contribution in [0.15, 0.2) is 54.6 Å². The zero-order valence-corrected chi connectivity index (χ0v) is 16.2. The third-order valence-electron chi connectivity index (χ3n) is 4.85. The Morgan fingerprint density at radius 2 is 1.68 bits per heavy atom. The van der Waals surface area contributed by atoms with Crippen LogP contribution in [-0.4, -0.2) is 56.1 Å². The van der Waals surface area contributed by atoms with E-state index in [1.165, 1.54) is 0 Å². The van der Waals surface area contributed by atoms with Crippen LogP contribution < -0.4 is 10.6 Å². The molecule has 148 valence electrons. The smallest absolute Gasteiger partial charge is 0.251 e. The summed E-state index contributed by atoms with van der Waals surface area (Å²) in [6, 6.07) is 16.5. The van der Waals surface area contributed by atoms with Crippen LogP contribution in [0.1, 0.15) is 39.2 Å². The van der Waals surface area contributed by atoms with E-state index in [9.17, 15) is 9.59 Å². The fourth-order valence-corrected chi connectivity index (χ4v) is 3.16. The van der Waals surface area contributed by atoms with Crippen molar-refractivity contribution in [3.8, 4) is 0 Å². The minimum absolute atomic E-state index is 0.111. The van der Waals surface area contributed by atoms with E-state index in [1.807, 2.05) is 37.3 Å². The normalized spacial score (nSPS) is 15.6. The highest BCUT2D eigenvalue weighted by atomic mass is 16.5. The van der Waals surface area contributed by atoms with Gasteiger partial charge >= 0.3 is 0 Å². The molecule has 2 aromatic rings. The van der Waals surface area contributed by atoms with E-state index < -0.39 is 0 Å². The van der Waals surface area contributed by atoms with Crippen molar-refractivity contribution in [1.82, 2.24) is 15.5 Å². The quantitative estimate of drug-likeness (QED) is 0.772. The first-order valence-electron chi connectivity index (χ1n) is 9.67. The van der Waals surface area contributed by atoms with Crippen LogP contribution in [0.3, 0.4) is 0 Å². The van der Waals surface area contributed by atoms with Gasteiger partial charge in [0.15, 0.2) is 0 Å². The van der Waals surface area contributed by atoms with Gasteiger partial charge in [-0.1, -0.05) is 36.4 Å². The van der Waals surface area contributed by atoms with Gasteiger partial charge in [-0.05, 0) is 30.7 Å². The molecule has 1 fully saturated rings. The SMILES string of the molecule is CC(NC(=O)c1cccc(C(=O)NCCN2CCOCC2)c1)c1ccccc1. The lowest BCUT2D eigenvalue weighted by Crippen LogP contribution is -2.41. The van der Waals surface area contributed by atoms with Crippen molar-refractivity contribution in [3.05, 3.63) is 71.3 Å². The Morgan fingerprint density at radius 1 is 1.00 bits per heavy atom. The largest absolute Gasteiger partial charge is 0.379 e. The second-order valence-corrected chi connectivity index (χ2v) is 6.90. The van der Waals surface area contributed by atoms with Crippen LogP contribution in [0.5, 0.6) is 0 Å². The van der Waals surface area contributed by atoms with Crippen LogP contribution in [0, 0.1) is 0 Å². The Balaban J connectivity index is 1.53. The predicted octanol–water partition coefficient (Wildman–Crippen LogP) is 2.24. The second-order valence-electron chi connectivity index (χ2n) is 6.90. The average molecular weight is 381 g/mol. The van der Waals surface area contributed by atoms with Gasteiger partial charge in [0.05, 0.1) is 19.3 Å². The summed E-state index contributed by atoms with van der Waals surface area (Å²) in [5.41, 5.74) is 2.00. The van der Waals surface area contributed by atoms with Crippen molar-refractivity contribution in [1.29, 1.82) is 0 Å². The van der Waals surface area contributed by atoms with Crippen LogP contribution in [0.4, 0.5) is 0 Å². The van der Waals surface area contributed by atoms with Gasteiger partial charge in [0.25, 0.3) is 11.8 Å². The number of hydrogen-bond acceptors (Lipinski definition) is 4. The first-order valence-corrected chi connectivity index (χ1v) is 9.67. The molecule has 6 heteroatoms. The van der Waals surface area contributed by atoms with Gasteiger partial charge in [0.2, 0.25) is 0 Å². The molecule has 0 aliphatic carbocycles. The number of carbonyl (C=O) groups excluding carboxylic acids is 2. The van der Waals surface area contributed by atoms with E-state index in [-0.39, 0.29) is 17.9 Å². The molecule has 2 aromatic carbocycles. The van der Waals surface area contributed by atoms with E-state index in [2.05, 4.69) is 15.5 Å². The first-order chi connectivity index (χ1) is 13.6. The molecule has 1 aliphatic heterocycles.